The van der Waals surface area contributed by atoms with Crippen molar-refractivity contribution in [2.45, 2.75) is 45.6 Å². The molecule has 0 amide bonds. The van der Waals surface area contributed by atoms with Gasteiger partial charge in [0, 0.05) is 11.1 Å². The van der Waals surface area contributed by atoms with Gasteiger partial charge in [0.15, 0.2) is 0 Å². The molecular formula is C15H22ClNO. The summed E-state index contributed by atoms with van der Waals surface area (Å²) < 4.78 is 5.63. The molecule has 0 heterocycles. The van der Waals surface area contributed by atoms with E-state index in [9.17, 15) is 0 Å². The summed E-state index contributed by atoms with van der Waals surface area (Å²) in [7, 11) is 0. The Balaban J connectivity index is 2.08. The largest absolute Gasteiger partial charge is 0.492 e. The van der Waals surface area contributed by atoms with Crippen molar-refractivity contribution in [3.05, 3.63) is 23.2 Å². The molecule has 1 aromatic rings. The summed E-state index contributed by atoms with van der Waals surface area (Å²) in [5.74, 6) is 1.67. The second-order valence-corrected chi connectivity index (χ2v) is 5.49. The quantitative estimate of drug-likeness (QED) is 0.833. The number of hydrogen-bond donors (Lipinski definition) is 1. The zero-order valence-electron chi connectivity index (χ0n) is 11.2. The third-order valence-corrected chi connectivity index (χ3v) is 3.97. The van der Waals surface area contributed by atoms with E-state index in [1.807, 2.05) is 25.1 Å². The molecule has 1 aliphatic carbocycles. The minimum atomic E-state index is 0.477. The van der Waals surface area contributed by atoms with Crippen LogP contribution in [0.2, 0.25) is 5.02 Å². The molecule has 1 aromatic carbocycles. The van der Waals surface area contributed by atoms with Crippen LogP contribution in [0.25, 0.3) is 0 Å². The SMILES string of the molecule is CCOc1ccc(Cl)cc1NC(C)C1CCCC1. The van der Waals surface area contributed by atoms with Crippen LogP contribution in [0.1, 0.15) is 39.5 Å². The molecule has 0 radical (unpaired) electrons. The van der Waals surface area contributed by atoms with Crippen LogP contribution in [0.4, 0.5) is 5.69 Å². The average molecular weight is 268 g/mol. The highest BCUT2D eigenvalue weighted by Gasteiger charge is 2.22. The van der Waals surface area contributed by atoms with Gasteiger partial charge in [-0.05, 0) is 50.8 Å². The Bertz CT molecular complexity index is 388. The van der Waals surface area contributed by atoms with Gasteiger partial charge < -0.3 is 10.1 Å². The van der Waals surface area contributed by atoms with Crippen LogP contribution in [0.5, 0.6) is 5.75 Å². The number of rotatable bonds is 5. The maximum absolute atomic E-state index is 6.06. The molecular weight excluding hydrogens is 246 g/mol. The molecule has 1 N–H and O–H groups in total. The van der Waals surface area contributed by atoms with Crippen LogP contribution >= 0.6 is 11.6 Å². The molecule has 3 heteroatoms. The molecule has 0 aliphatic heterocycles. The van der Waals surface area contributed by atoms with Gasteiger partial charge in [0.2, 0.25) is 0 Å². The molecule has 0 aromatic heterocycles. The van der Waals surface area contributed by atoms with Gasteiger partial charge in [-0.2, -0.15) is 0 Å². The van der Waals surface area contributed by atoms with Crippen molar-refractivity contribution >= 4 is 17.3 Å². The predicted molar refractivity (Wildman–Crippen MR) is 77.7 cm³/mol. The Kier molecular flexibility index (Phi) is 4.76. The zero-order chi connectivity index (χ0) is 13.0. The van der Waals surface area contributed by atoms with Crippen molar-refractivity contribution in [2.75, 3.05) is 11.9 Å². The lowest BCUT2D eigenvalue weighted by Gasteiger charge is -2.23. The molecule has 0 saturated heterocycles. The van der Waals surface area contributed by atoms with Crippen LogP contribution in [0.3, 0.4) is 0 Å². The van der Waals surface area contributed by atoms with Crippen LogP contribution < -0.4 is 10.1 Å². The summed E-state index contributed by atoms with van der Waals surface area (Å²) in [6, 6.07) is 6.25. The number of hydrogen-bond acceptors (Lipinski definition) is 2. The van der Waals surface area contributed by atoms with Gasteiger partial charge in [0.1, 0.15) is 5.75 Å². The fourth-order valence-corrected chi connectivity index (χ4v) is 2.89. The van der Waals surface area contributed by atoms with Crippen LogP contribution in [-0.4, -0.2) is 12.6 Å². The van der Waals surface area contributed by atoms with Crippen molar-refractivity contribution in [3.8, 4) is 5.75 Å². The van der Waals surface area contributed by atoms with E-state index in [0.29, 0.717) is 12.6 Å². The first-order valence-corrected chi connectivity index (χ1v) is 7.27. The van der Waals surface area contributed by atoms with Gasteiger partial charge in [-0.25, -0.2) is 0 Å². The minimum Gasteiger partial charge on any atom is -0.492 e. The van der Waals surface area contributed by atoms with Crippen molar-refractivity contribution in [3.63, 3.8) is 0 Å². The Morgan fingerprint density at radius 2 is 2.11 bits per heavy atom. The number of ether oxygens (including phenoxy) is 1. The highest BCUT2D eigenvalue weighted by Crippen LogP contribution is 2.33. The Labute approximate surface area is 115 Å². The number of anilines is 1. The Morgan fingerprint density at radius 3 is 2.78 bits per heavy atom. The predicted octanol–water partition coefficient (Wildman–Crippen LogP) is 4.73. The molecule has 1 fully saturated rings. The third-order valence-electron chi connectivity index (χ3n) is 3.73. The molecule has 1 unspecified atom stereocenters. The van der Waals surface area contributed by atoms with Crippen LogP contribution in [0.15, 0.2) is 18.2 Å². The molecule has 18 heavy (non-hydrogen) atoms. The topological polar surface area (TPSA) is 21.3 Å². The molecule has 2 nitrogen and oxygen atoms in total. The van der Waals surface area contributed by atoms with Gasteiger partial charge >= 0.3 is 0 Å². The monoisotopic (exact) mass is 267 g/mol. The van der Waals surface area contributed by atoms with E-state index in [0.717, 1.165) is 22.4 Å². The summed E-state index contributed by atoms with van der Waals surface area (Å²) in [6.45, 7) is 4.93. The Morgan fingerprint density at radius 1 is 1.39 bits per heavy atom. The lowest BCUT2D eigenvalue weighted by Crippen LogP contribution is -2.24. The zero-order valence-corrected chi connectivity index (χ0v) is 12.0. The minimum absolute atomic E-state index is 0.477. The summed E-state index contributed by atoms with van der Waals surface area (Å²) in [5, 5.41) is 4.32. The van der Waals surface area contributed by atoms with Crippen molar-refractivity contribution < 1.29 is 4.74 Å². The summed E-state index contributed by atoms with van der Waals surface area (Å²) in [4.78, 5) is 0. The fraction of sp³-hybridized carbons (Fsp3) is 0.600. The normalized spacial score (nSPS) is 17.7. The molecule has 100 valence electrons. The second kappa shape index (κ2) is 6.33. The third kappa shape index (κ3) is 3.32. The maximum atomic E-state index is 6.06. The summed E-state index contributed by atoms with van der Waals surface area (Å²) in [5.41, 5.74) is 1.02. The van der Waals surface area contributed by atoms with Gasteiger partial charge in [0.25, 0.3) is 0 Å². The summed E-state index contributed by atoms with van der Waals surface area (Å²) in [6.07, 6.45) is 5.40. The van der Waals surface area contributed by atoms with Gasteiger partial charge in [-0.15, -0.1) is 0 Å². The van der Waals surface area contributed by atoms with E-state index in [1.54, 1.807) is 0 Å². The molecule has 1 saturated carbocycles. The molecule has 1 atom stereocenters. The number of nitrogens with one attached hydrogen (secondary N) is 1. The van der Waals surface area contributed by atoms with Gasteiger partial charge in [0.05, 0.1) is 12.3 Å². The van der Waals surface area contributed by atoms with Gasteiger partial charge in [-0.1, -0.05) is 24.4 Å². The summed E-state index contributed by atoms with van der Waals surface area (Å²) >= 11 is 6.06. The second-order valence-electron chi connectivity index (χ2n) is 5.05. The first-order chi connectivity index (χ1) is 8.70. The van der Waals surface area contributed by atoms with E-state index in [-0.39, 0.29) is 0 Å². The maximum Gasteiger partial charge on any atom is 0.142 e. The molecule has 0 spiro atoms. The van der Waals surface area contributed by atoms with Crippen molar-refractivity contribution in [1.29, 1.82) is 0 Å². The van der Waals surface area contributed by atoms with E-state index in [4.69, 9.17) is 16.3 Å². The standard InChI is InChI=1S/C15H22ClNO/c1-3-18-15-9-8-13(16)10-14(15)17-11(2)12-6-4-5-7-12/h8-12,17H,3-7H2,1-2H3. The first-order valence-electron chi connectivity index (χ1n) is 6.89. The van der Waals surface area contributed by atoms with Gasteiger partial charge in [-0.3, -0.25) is 0 Å². The molecule has 1 aliphatic rings. The highest BCUT2D eigenvalue weighted by atomic mass is 35.5. The van der Waals surface area contributed by atoms with E-state index < -0.39 is 0 Å². The lowest BCUT2D eigenvalue weighted by atomic mass is 9.99. The van der Waals surface area contributed by atoms with E-state index in [1.165, 1.54) is 25.7 Å². The number of benzene rings is 1. The van der Waals surface area contributed by atoms with Crippen molar-refractivity contribution in [2.24, 2.45) is 5.92 Å². The van der Waals surface area contributed by atoms with E-state index >= 15 is 0 Å². The van der Waals surface area contributed by atoms with E-state index in [2.05, 4.69) is 12.2 Å². The fourth-order valence-electron chi connectivity index (χ4n) is 2.72. The van der Waals surface area contributed by atoms with Crippen LogP contribution in [0, 0.1) is 5.92 Å². The lowest BCUT2D eigenvalue weighted by molar-refractivity contribution is 0.341. The molecule has 2 rings (SSSR count). The smallest absolute Gasteiger partial charge is 0.142 e. The highest BCUT2D eigenvalue weighted by molar-refractivity contribution is 6.30. The first kappa shape index (κ1) is 13.5. The van der Waals surface area contributed by atoms with Crippen LogP contribution in [-0.2, 0) is 0 Å². The van der Waals surface area contributed by atoms with Crippen molar-refractivity contribution in [1.82, 2.24) is 0 Å². The molecule has 0 bridgehead atoms. The Hall–Kier alpha value is -0.890. The number of halogens is 1. The average Bonchev–Trinajstić information content (AvgIpc) is 2.86.